The van der Waals surface area contributed by atoms with E-state index in [4.69, 9.17) is 18.9 Å². The zero-order valence-corrected chi connectivity index (χ0v) is 35.7. The molecule has 1 heterocycles. The second-order valence-electron chi connectivity index (χ2n) is 15.0. The maximum atomic E-state index is 12.8. The van der Waals surface area contributed by atoms with Crippen molar-refractivity contribution in [2.45, 2.75) is 198 Å². The maximum absolute atomic E-state index is 12.8. The largest absolute Gasteiger partial charge is 0.462 e. The third-order valence-electron chi connectivity index (χ3n) is 9.70. The van der Waals surface area contributed by atoms with Crippen LogP contribution in [0.3, 0.4) is 0 Å². The lowest BCUT2D eigenvalue weighted by Gasteiger charge is -2.40. The molecule has 6 atom stereocenters. The molecule has 0 aromatic carbocycles. The smallest absolute Gasteiger partial charge is 0.306 e. The van der Waals surface area contributed by atoms with E-state index in [1.54, 1.807) is 0 Å². The maximum Gasteiger partial charge on any atom is 0.306 e. The van der Waals surface area contributed by atoms with Crippen molar-refractivity contribution < 1.29 is 56.8 Å². The van der Waals surface area contributed by atoms with Gasteiger partial charge >= 0.3 is 11.9 Å². The van der Waals surface area contributed by atoms with E-state index in [1.165, 1.54) is 44.9 Å². The van der Waals surface area contributed by atoms with Crippen LogP contribution in [0.2, 0.25) is 0 Å². The normalized spacial score (nSPS) is 21.0. The number of esters is 2. The lowest BCUT2D eigenvalue weighted by molar-refractivity contribution is -0.297. The number of allylic oxidation sites excluding steroid dienone is 8. The summed E-state index contributed by atoms with van der Waals surface area (Å²) in [6.45, 7) is 3.58. The molecule has 1 aliphatic heterocycles. The quantitative estimate of drug-likeness (QED) is 0.0157. The lowest BCUT2D eigenvalue weighted by Crippen LogP contribution is -2.60. The van der Waals surface area contributed by atoms with Crippen LogP contribution in [0.15, 0.2) is 48.6 Å². The zero-order chi connectivity index (χ0) is 42.0. The van der Waals surface area contributed by atoms with E-state index in [0.717, 1.165) is 77.0 Å². The minimum atomic E-state index is -4.60. The SMILES string of the molecule is CC/C=C/C=C/C=C/CCCCCCCC(=O)OC(COC(=O)CCCCCCC/C=C/CCCCCCCCC)CO[C@H]1O[C@H](CS(=O)(=O)O)[C@@H](O)C(O)C1O. The van der Waals surface area contributed by atoms with Gasteiger partial charge in [-0.05, 0) is 57.8 Å². The van der Waals surface area contributed by atoms with Gasteiger partial charge in [-0.3, -0.25) is 14.1 Å². The number of aliphatic hydroxyl groups is 3. The second-order valence-corrected chi connectivity index (χ2v) is 16.5. The van der Waals surface area contributed by atoms with Crippen molar-refractivity contribution in [3.8, 4) is 0 Å². The van der Waals surface area contributed by atoms with E-state index in [0.29, 0.717) is 12.8 Å². The summed E-state index contributed by atoms with van der Waals surface area (Å²) in [7, 11) is -4.60. The van der Waals surface area contributed by atoms with Crippen molar-refractivity contribution in [1.82, 2.24) is 0 Å². The molecule has 1 aliphatic rings. The van der Waals surface area contributed by atoms with E-state index in [1.807, 2.05) is 24.3 Å². The van der Waals surface area contributed by atoms with Crippen molar-refractivity contribution in [1.29, 1.82) is 0 Å². The molecule has 0 radical (unpaired) electrons. The minimum absolute atomic E-state index is 0.138. The Labute approximate surface area is 343 Å². The highest BCUT2D eigenvalue weighted by atomic mass is 32.2. The molecule has 0 saturated carbocycles. The summed E-state index contributed by atoms with van der Waals surface area (Å²) in [4.78, 5) is 25.3. The fourth-order valence-corrected chi connectivity index (χ4v) is 7.01. The summed E-state index contributed by atoms with van der Waals surface area (Å²) in [5.74, 6) is -2.02. The Kier molecular flexibility index (Phi) is 31.8. The van der Waals surface area contributed by atoms with Crippen molar-refractivity contribution >= 4 is 22.1 Å². The van der Waals surface area contributed by atoms with Gasteiger partial charge in [-0.25, -0.2) is 0 Å². The number of ether oxygens (including phenoxy) is 4. The van der Waals surface area contributed by atoms with Crippen molar-refractivity contribution in [2.24, 2.45) is 0 Å². The fraction of sp³-hybridized carbons (Fsp3) is 0.773. The Bertz CT molecular complexity index is 1250. The Morgan fingerprint density at radius 1 is 0.614 bits per heavy atom. The minimum Gasteiger partial charge on any atom is -0.462 e. The highest BCUT2D eigenvalue weighted by Gasteiger charge is 2.46. The first-order valence-corrected chi connectivity index (χ1v) is 23.3. The van der Waals surface area contributed by atoms with Gasteiger partial charge in [0.1, 0.15) is 36.8 Å². The number of carbonyl (C=O) groups is 2. The number of unbranched alkanes of at least 4 members (excludes halogenated alkanes) is 17. The molecule has 1 fully saturated rings. The van der Waals surface area contributed by atoms with Crippen LogP contribution in [-0.4, -0.2) is 96.0 Å². The average molecular weight is 829 g/mol. The highest BCUT2D eigenvalue weighted by Crippen LogP contribution is 2.24. The van der Waals surface area contributed by atoms with Gasteiger partial charge < -0.3 is 34.3 Å². The third-order valence-corrected chi connectivity index (χ3v) is 10.5. The molecular formula is C44H76O12S. The van der Waals surface area contributed by atoms with Gasteiger partial charge in [0.25, 0.3) is 10.1 Å². The van der Waals surface area contributed by atoms with Crippen molar-refractivity contribution in [3.63, 3.8) is 0 Å². The van der Waals surface area contributed by atoms with Gasteiger partial charge in [0.05, 0.1) is 6.61 Å². The molecule has 0 aliphatic carbocycles. The van der Waals surface area contributed by atoms with E-state index in [9.17, 15) is 37.9 Å². The molecular weight excluding hydrogens is 753 g/mol. The monoisotopic (exact) mass is 829 g/mol. The standard InChI is InChI=1S/C44H76O12S/c1-3-5-7-9-11-13-15-17-18-19-21-22-24-26-28-30-32-39(45)53-34-37(35-54-44-43(49)42(48)41(47)38(56-44)36-57(50,51)52)55-40(46)33-31-29-27-25-23-20-16-14-12-10-8-6-4-2/h6,8,10,12,14,16,18-19,37-38,41-44,47-49H,3-5,7,9,11,13,15,17,20-36H2,1-2H3,(H,50,51,52)/b8-6+,12-10+,16-14+,19-18+/t37?,38-,41-,42?,43?,44+/m1/s1. The molecule has 3 unspecified atom stereocenters. The lowest BCUT2D eigenvalue weighted by atomic mass is 10.00. The molecule has 13 heteroatoms. The van der Waals surface area contributed by atoms with Gasteiger partial charge in [0.15, 0.2) is 12.4 Å². The third kappa shape index (κ3) is 29.5. The first-order valence-electron chi connectivity index (χ1n) is 21.7. The van der Waals surface area contributed by atoms with E-state index in [2.05, 4.69) is 38.2 Å². The Hall–Kier alpha value is -2.39. The van der Waals surface area contributed by atoms with Gasteiger partial charge in [-0.1, -0.05) is 140 Å². The molecule has 57 heavy (non-hydrogen) atoms. The Morgan fingerprint density at radius 2 is 1.12 bits per heavy atom. The summed E-state index contributed by atoms with van der Waals surface area (Å²) in [5.41, 5.74) is 0. The van der Waals surface area contributed by atoms with E-state index < -0.39 is 71.2 Å². The number of hydrogen-bond acceptors (Lipinski definition) is 11. The molecule has 0 amide bonds. The fourth-order valence-electron chi connectivity index (χ4n) is 6.32. The molecule has 0 spiro atoms. The number of hydrogen-bond donors (Lipinski definition) is 4. The Balaban J connectivity index is 2.48. The van der Waals surface area contributed by atoms with Crippen LogP contribution in [0.1, 0.15) is 162 Å². The molecule has 12 nitrogen and oxygen atoms in total. The van der Waals surface area contributed by atoms with Gasteiger partial charge in [0.2, 0.25) is 0 Å². The molecule has 0 bridgehead atoms. The Morgan fingerprint density at radius 3 is 1.68 bits per heavy atom. The van der Waals surface area contributed by atoms with Crippen LogP contribution in [0.25, 0.3) is 0 Å². The molecule has 0 aromatic heterocycles. The van der Waals surface area contributed by atoms with Crippen molar-refractivity contribution in [2.75, 3.05) is 19.0 Å². The van der Waals surface area contributed by atoms with Crippen LogP contribution in [0.4, 0.5) is 0 Å². The van der Waals surface area contributed by atoms with Crippen LogP contribution < -0.4 is 0 Å². The van der Waals surface area contributed by atoms with Crippen LogP contribution in [0.5, 0.6) is 0 Å². The van der Waals surface area contributed by atoms with E-state index in [-0.39, 0.29) is 19.4 Å². The predicted octanol–water partition coefficient (Wildman–Crippen LogP) is 8.39. The summed E-state index contributed by atoms with van der Waals surface area (Å²) in [6, 6.07) is 0. The highest BCUT2D eigenvalue weighted by molar-refractivity contribution is 7.85. The predicted molar refractivity (Wildman–Crippen MR) is 224 cm³/mol. The van der Waals surface area contributed by atoms with Crippen LogP contribution >= 0.6 is 0 Å². The van der Waals surface area contributed by atoms with Gasteiger partial charge in [0, 0.05) is 12.8 Å². The second kappa shape index (κ2) is 34.5. The zero-order valence-electron chi connectivity index (χ0n) is 34.9. The summed E-state index contributed by atoms with van der Waals surface area (Å²) in [6.07, 6.45) is 30.2. The van der Waals surface area contributed by atoms with Crippen LogP contribution in [0, 0.1) is 0 Å². The summed E-state index contributed by atoms with van der Waals surface area (Å²) >= 11 is 0. The topological polar surface area (TPSA) is 186 Å². The van der Waals surface area contributed by atoms with E-state index >= 15 is 0 Å². The first-order chi connectivity index (χ1) is 27.5. The van der Waals surface area contributed by atoms with Crippen molar-refractivity contribution in [3.05, 3.63) is 48.6 Å². The summed E-state index contributed by atoms with van der Waals surface area (Å²) < 4.78 is 53.9. The molecule has 330 valence electrons. The number of aliphatic hydroxyl groups excluding tert-OH is 3. The molecule has 4 N–H and O–H groups in total. The molecule has 0 aromatic rings. The average Bonchev–Trinajstić information content (AvgIpc) is 3.17. The van der Waals surface area contributed by atoms with Crippen LogP contribution in [-0.2, 0) is 38.7 Å². The number of carbonyl (C=O) groups excluding carboxylic acids is 2. The molecule has 1 rings (SSSR count). The first kappa shape index (κ1) is 52.6. The van der Waals surface area contributed by atoms with Gasteiger partial charge in [-0.15, -0.1) is 0 Å². The molecule has 1 saturated heterocycles. The summed E-state index contributed by atoms with van der Waals surface area (Å²) in [5, 5.41) is 30.8. The van der Waals surface area contributed by atoms with Gasteiger partial charge in [-0.2, -0.15) is 8.42 Å². The number of rotatable bonds is 35.